The molecule has 2 aromatic rings. The first-order valence-electron chi connectivity index (χ1n) is 8.62. The molecule has 3 rings (SSSR count). The fourth-order valence-corrected chi connectivity index (χ4v) is 4.32. The Morgan fingerprint density at radius 3 is 2.15 bits per heavy atom. The first kappa shape index (κ1) is 19.1. The quantitative estimate of drug-likeness (QED) is 0.792. The lowest BCUT2D eigenvalue weighted by Gasteiger charge is -2.28. The molecular weight excluding hydrogens is 366 g/mol. The molecule has 0 heterocycles. The summed E-state index contributed by atoms with van der Waals surface area (Å²) in [7, 11) is -3.59. The molecule has 0 spiro atoms. The summed E-state index contributed by atoms with van der Waals surface area (Å²) < 4.78 is 29.3. The third-order valence-corrected chi connectivity index (χ3v) is 5.81. The molecule has 0 saturated carbocycles. The van der Waals surface area contributed by atoms with Crippen LogP contribution < -0.4 is 5.32 Å². The first-order chi connectivity index (χ1) is 12.8. The molecule has 1 aliphatic carbocycles. The number of benzene rings is 2. The molecule has 0 aliphatic heterocycles. The van der Waals surface area contributed by atoms with E-state index in [0.29, 0.717) is 12.8 Å². The Balaban J connectivity index is 1.98. The topological polar surface area (TPSA) is 89.5 Å². The summed E-state index contributed by atoms with van der Waals surface area (Å²) in [4.78, 5) is 25.6. The second-order valence-electron chi connectivity index (χ2n) is 6.65. The highest BCUT2D eigenvalue weighted by Gasteiger charge is 2.46. The molecule has 0 unspecified atom stereocenters. The second kappa shape index (κ2) is 7.15. The van der Waals surface area contributed by atoms with Gasteiger partial charge in [-0.1, -0.05) is 36.4 Å². The van der Waals surface area contributed by atoms with Gasteiger partial charge in [0.25, 0.3) is 5.91 Å². The molecule has 27 heavy (non-hydrogen) atoms. The van der Waals surface area contributed by atoms with Gasteiger partial charge in [-0.15, -0.1) is 0 Å². The van der Waals surface area contributed by atoms with Crippen molar-refractivity contribution in [3.63, 3.8) is 0 Å². The lowest BCUT2D eigenvalue weighted by Crippen LogP contribution is -2.56. The highest BCUT2D eigenvalue weighted by Crippen LogP contribution is 2.32. The Morgan fingerprint density at radius 2 is 1.59 bits per heavy atom. The van der Waals surface area contributed by atoms with Crippen molar-refractivity contribution in [3.8, 4) is 0 Å². The third-order valence-electron chi connectivity index (χ3n) is 4.65. The standard InChI is InChI=1S/C20H21NO5S/c1-3-26-19(23)20(12-14-8-4-5-9-15(14)13-20)21-18(22)16-10-6-7-11-17(16)27(2,24)25/h4-11H,3,12-13H2,1-2H3,(H,21,22). The summed E-state index contributed by atoms with van der Waals surface area (Å²) in [5.41, 5.74) is 0.686. The number of carbonyl (C=O) groups is 2. The Labute approximate surface area is 158 Å². The van der Waals surface area contributed by atoms with Crippen LogP contribution in [-0.2, 0) is 32.2 Å². The van der Waals surface area contributed by atoms with Gasteiger partial charge in [0.2, 0.25) is 0 Å². The molecule has 0 aromatic heterocycles. The number of amides is 1. The fourth-order valence-electron chi connectivity index (χ4n) is 3.43. The van der Waals surface area contributed by atoms with Crippen LogP contribution in [0.5, 0.6) is 0 Å². The van der Waals surface area contributed by atoms with Crippen LogP contribution in [0, 0.1) is 0 Å². The Hall–Kier alpha value is -2.67. The van der Waals surface area contributed by atoms with Crippen molar-refractivity contribution in [3.05, 3.63) is 65.2 Å². The lowest BCUT2D eigenvalue weighted by molar-refractivity contribution is -0.150. The SMILES string of the molecule is CCOC(=O)C1(NC(=O)c2ccccc2S(C)(=O)=O)Cc2ccccc2C1. The number of nitrogens with one attached hydrogen (secondary N) is 1. The van der Waals surface area contributed by atoms with Gasteiger partial charge in [-0.05, 0) is 30.2 Å². The summed E-state index contributed by atoms with van der Waals surface area (Å²) >= 11 is 0. The maximum atomic E-state index is 12.9. The van der Waals surface area contributed by atoms with E-state index in [4.69, 9.17) is 4.74 Å². The van der Waals surface area contributed by atoms with E-state index in [0.717, 1.165) is 17.4 Å². The molecule has 0 atom stereocenters. The van der Waals surface area contributed by atoms with Crippen LogP contribution >= 0.6 is 0 Å². The Bertz CT molecular complexity index is 972. The third kappa shape index (κ3) is 3.73. The molecule has 2 aromatic carbocycles. The van der Waals surface area contributed by atoms with Crippen molar-refractivity contribution in [1.82, 2.24) is 5.32 Å². The van der Waals surface area contributed by atoms with E-state index < -0.39 is 27.3 Å². The summed E-state index contributed by atoms with van der Waals surface area (Å²) in [5, 5.41) is 2.77. The first-order valence-corrected chi connectivity index (χ1v) is 10.5. The van der Waals surface area contributed by atoms with E-state index in [1.54, 1.807) is 19.1 Å². The van der Waals surface area contributed by atoms with Gasteiger partial charge in [-0.3, -0.25) is 4.79 Å². The molecule has 1 N–H and O–H groups in total. The largest absolute Gasteiger partial charge is 0.464 e. The zero-order valence-electron chi connectivity index (χ0n) is 15.2. The van der Waals surface area contributed by atoms with Gasteiger partial charge >= 0.3 is 5.97 Å². The molecule has 1 amide bonds. The minimum absolute atomic E-state index is 0.0135. The van der Waals surface area contributed by atoms with Gasteiger partial charge in [0.15, 0.2) is 9.84 Å². The molecular formula is C20H21NO5S. The fraction of sp³-hybridized carbons (Fsp3) is 0.300. The average molecular weight is 387 g/mol. The van der Waals surface area contributed by atoms with E-state index in [-0.39, 0.29) is 17.1 Å². The van der Waals surface area contributed by atoms with Crippen LogP contribution in [0.3, 0.4) is 0 Å². The molecule has 7 heteroatoms. The Kier molecular flexibility index (Phi) is 5.06. The van der Waals surface area contributed by atoms with Crippen LogP contribution in [0.2, 0.25) is 0 Å². The molecule has 0 fully saturated rings. The van der Waals surface area contributed by atoms with Crippen LogP contribution in [-0.4, -0.2) is 38.7 Å². The lowest BCUT2D eigenvalue weighted by atomic mass is 9.95. The number of carbonyl (C=O) groups excluding carboxylic acids is 2. The van der Waals surface area contributed by atoms with Crippen molar-refractivity contribution in [2.24, 2.45) is 0 Å². The normalized spacial score (nSPS) is 15.0. The maximum absolute atomic E-state index is 12.9. The van der Waals surface area contributed by atoms with Crippen LogP contribution in [0.15, 0.2) is 53.4 Å². The van der Waals surface area contributed by atoms with Crippen molar-refractivity contribution in [2.75, 3.05) is 12.9 Å². The second-order valence-corrected chi connectivity index (χ2v) is 8.63. The zero-order chi connectivity index (χ0) is 19.7. The molecule has 0 bridgehead atoms. The zero-order valence-corrected chi connectivity index (χ0v) is 16.0. The molecule has 0 saturated heterocycles. The Morgan fingerprint density at radius 1 is 1.04 bits per heavy atom. The molecule has 6 nitrogen and oxygen atoms in total. The molecule has 1 aliphatic rings. The monoisotopic (exact) mass is 387 g/mol. The predicted octanol–water partition coefficient (Wildman–Crippen LogP) is 1.92. The number of sulfone groups is 1. The van der Waals surface area contributed by atoms with E-state index in [1.165, 1.54) is 12.1 Å². The average Bonchev–Trinajstić information content (AvgIpc) is 3.00. The van der Waals surface area contributed by atoms with Crippen LogP contribution in [0.25, 0.3) is 0 Å². The van der Waals surface area contributed by atoms with Gasteiger partial charge in [0.1, 0.15) is 5.54 Å². The highest BCUT2D eigenvalue weighted by atomic mass is 32.2. The summed E-state index contributed by atoms with van der Waals surface area (Å²) in [6.07, 6.45) is 1.65. The van der Waals surface area contributed by atoms with Gasteiger partial charge in [0, 0.05) is 19.1 Å². The van der Waals surface area contributed by atoms with Crippen LogP contribution in [0.4, 0.5) is 0 Å². The number of hydrogen-bond donors (Lipinski definition) is 1. The number of fused-ring (bicyclic) bond motifs is 1. The van der Waals surface area contributed by atoms with E-state index in [1.807, 2.05) is 24.3 Å². The van der Waals surface area contributed by atoms with Crippen molar-refractivity contribution in [2.45, 2.75) is 30.2 Å². The number of ether oxygens (including phenoxy) is 1. The molecule has 0 radical (unpaired) electrons. The maximum Gasteiger partial charge on any atom is 0.332 e. The van der Waals surface area contributed by atoms with Crippen molar-refractivity contribution in [1.29, 1.82) is 0 Å². The summed E-state index contributed by atoms with van der Waals surface area (Å²) in [5.74, 6) is -1.14. The number of rotatable bonds is 5. The summed E-state index contributed by atoms with van der Waals surface area (Å²) in [6.45, 7) is 1.89. The minimum Gasteiger partial charge on any atom is -0.464 e. The number of hydrogen-bond acceptors (Lipinski definition) is 5. The van der Waals surface area contributed by atoms with Crippen molar-refractivity contribution >= 4 is 21.7 Å². The van der Waals surface area contributed by atoms with Crippen LogP contribution in [0.1, 0.15) is 28.4 Å². The highest BCUT2D eigenvalue weighted by molar-refractivity contribution is 7.90. The van der Waals surface area contributed by atoms with Gasteiger partial charge in [-0.25, -0.2) is 13.2 Å². The van der Waals surface area contributed by atoms with E-state index >= 15 is 0 Å². The van der Waals surface area contributed by atoms with Gasteiger partial charge in [0.05, 0.1) is 17.1 Å². The predicted molar refractivity (Wildman–Crippen MR) is 100 cm³/mol. The van der Waals surface area contributed by atoms with Gasteiger partial charge in [-0.2, -0.15) is 0 Å². The van der Waals surface area contributed by atoms with Crippen molar-refractivity contribution < 1.29 is 22.7 Å². The number of esters is 1. The van der Waals surface area contributed by atoms with E-state index in [2.05, 4.69) is 5.32 Å². The summed E-state index contributed by atoms with van der Waals surface area (Å²) in [6, 6.07) is 13.5. The van der Waals surface area contributed by atoms with E-state index in [9.17, 15) is 18.0 Å². The molecule has 142 valence electrons. The minimum atomic E-state index is -3.59. The van der Waals surface area contributed by atoms with Gasteiger partial charge < -0.3 is 10.1 Å². The smallest absolute Gasteiger partial charge is 0.332 e.